The Labute approximate surface area is 129 Å². The molecule has 0 saturated heterocycles. The van der Waals surface area contributed by atoms with Crippen LogP contribution in [0.15, 0.2) is 35.7 Å². The number of aromatic amines is 1. The van der Waals surface area contributed by atoms with Gasteiger partial charge in [0.2, 0.25) is 0 Å². The minimum atomic E-state index is -2.58. The Hall–Kier alpha value is -2.09. The van der Waals surface area contributed by atoms with Crippen LogP contribution in [0.3, 0.4) is 0 Å². The molecule has 1 N–H and O–H groups in total. The number of fused-ring (bicyclic) bond motifs is 1. The average molecular weight is 324 g/mol. The fourth-order valence-electron chi connectivity index (χ4n) is 2.06. The Morgan fingerprint density at radius 1 is 1.41 bits per heavy atom. The molecule has 116 valence electrons. The second kappa shape index (κ2) is 6.35. The summed E-state index contributed by atoms with van der Waals surface area (Å²) >= 11 is 1.33. The fraction of sp³-hybridized carbons (Fsp3) is 0.286. The number of ether oxygens (including phenoxy) is 1. The number of benzene rings is 1. The number of nitrogens with one attached hydrogen (secondary N) is 1. The predicted octanol–water partition coefficient (Wildman–Crippen LogP) is 3.85. The summed E-state index contributed by atoms with van der Waals surface area (Å²) in [5.41, 5.74) is 1.66. The van der Waals surface area contributed by atoms with Crippen LogP contribution < -0.4 is 4.74 Å². The zero-order chi connectivity index (χ0) is 15.5. The van der Waals surface area contributed by atoms with Gasteiger partial charge in [0, 0.05) is 18.5 Å². The van der Waals surface area contributed by atoms with Crippen molar-refractivity contribution in [1.29, 1.82) is 0 Å². The van der Waals surface area contributed by atoms with Crippen molar-refractivity contribution >= 4 is 22.8 Å². The molecular weight excluding hydrogens is 310 g/mol. The van der Waals surface area contributed by atoms with Crippen LogP contribution in [0.5, 0.6) is 5.75 Å². The third kappa shape index (κ3) is 3.06. The van der Waals surface area contributed by atoms with Crippen LogP contribution in [0.25, 0.3) is 11.0 Å². The summed E-state index contributed by atoms with van der Waals surface area (Å²) in [5, 5.41) is 0.660. The molecule has 0 aliphatic heterocycles. The second-order valence-electron chi connectivity index (χ2n) is 4.47. The van der Waals surface area contributed by atoms with Crippen molar-refractivity contribution in [3.8, 4) is 5.75 Å². The summed E-state index contributed by atoms with van der Waals surface area (Å²) < 4.78 is 31.8. The predicted molar refractivity (Wildman–Crippen MR) is 80.3 cm³/mol. The largest absolute Gasteiger partial charge is 0.494 e. The highest BCUT2D eigenvalue weighted by molar-refractivity contribution is 7.98. The molecule has 2 heterocycles. The first-order valence-electron chi connectivity index (χ1n) is 6.72. The minimum absolute atomic E-state index is 0.315. The molecule has 0 aliphatic rings. The van der Waals surface area contributed by atoms with Crippen LogP contribution in [0.2, 0.25) is 0 Å². The van der Waals surface area contributed by atoms with Crippen LogP contribution in [0.1, 0.15) is 19.3 Å². The third-order valence-corrected chi connectivity index (χ3v) is 3.91. The van der Waals surface area contributed by atoms with E-state index in [1.165, 1.54) is 24.2 Å². The monoisotopic (exact) mass is 324 g/mol. The molecule has 0 atom stereocenters. The van der Waals surface area contributed by atoms with E-state index in [9.17, 15) is 8.78 Å². The Morgan fingerprint density at radius 3 is 3.05 bits per heavy atom. The first-order valence-corrected chi connectivity index (χ1v) is 7.71. The van der Waals surface area contributed by atoms with Crippen molar-refractivity contribution in [1.82, 2.24) is 19.5 Å². The van der Waals surface area contributed by atoms with Gasteiger partial charge in [0.1, 0.15) is 11.6 Å². The lowest BCUT2D eigenvalue weighted by atomic mass is 10.3. The van der Waals surface area contributed by atoms with Gasteiger partial charge in [0.05, 0.1) is 23.4 Å². The highest BCUT2D eigenvalue weighted by Gasteiger charge is 2.12. The van der Waals surface area contributed by atoms with E-state index in [0.717, 1.165) is 21.4 Å². The summed E-state index contributed by atoms with van der Waals surface area (Å²) in [6.45, 7) is -0.0660. The van der Waals surface area contributed by atoms with Crippen molar-refractivity contribution in [2.45, 2.75) is 24.4 Å². The van der Waals surface area contributed by atoms with E-state index in [2.05, 4.69) is 15.0 Å². The molecule has 0 amide bonds. The normalized spacial score (nSPS) is 11.5. The molecule has 8 heteroatoms. The van der Waals surface area contributed by atoms with Crippen LogP contribution in [-0.4, -0.2) is 26.1 Å². The van der Waals surface area contributed by atoms with E-state index in [1.54, 1.807) is 0 Å². The number of alkyl halides is 2. The summed E-state index contributed by atoms with van der Waals surface area (Å²) in [4.78, 5) is 11.5. The first kappa shape index (κ1) is 14.8. The van der Waals surface area contributed by atoms with Gasteiger partial charge in [-0.1, -0.05) is 11.8 Å². The van der Waals surface area contributed by atoms with Gasteiger partial charge in [0.15, 0.2) is 5.16 Å². The maximum Gasteiger partial charge on any atom is 0.319 e. The first-order chi connectivity index (χ1) is 10.7. The Balaban J connectivity index is 1.75. The summed E-state index contributed by atoms with van der Waals surface area (Å²) in [6.07, 6.45) is 2.64. The molecule has 0 bridgehead atoms. The van der Waals surface area contributed by atoms with Crippen molar-refractivity contribution < 1.29 is 13.5 Å². The molecule has 2 aromatic heterocycles. The molecule has 1 aromatic carbocycles. The minimum Gasteiger partial charge on any atom is -0.494 e. The van der Waals surface area contributed by atoms with Crippen molar-refractivity contribution in [3.63, 3.8) is 0 Å². The number of hydrogen-bond acceptors (Lipinski definition) is 4. The van der Waals surface area contributed by atoms with Crippen LogP contribution >= 0.6 is 11.8 Å². The molecule has 0 saturated carbocycles. The van der Waals surface area contributed by atoms with E-state index in [-0.39, 0.29) is 0 Å². The van der Waals surface area contributed by atoms with Gasteiger partial charge in [-0.15, -0.1) is 0 Å². The molecule has 0 fully saturated rings. The number of imidazole rings is 2. The molecule has 0 aliphatic carbocycles. The van der Waals surface area contributed by atoms with Gasteiger partial charge >= 0.3 is 6.55 Å². The van der Waals surface area contributed by atoms with Crippen LogP contribution in [0, 0.1) is 0 Å². The van der Waals surface area contributed by atoms with Gasteiger partial charge in [-0.2, -0.15) is 8.78 Å². The highest BCUT2D eigenvalue weighted by Crippen LogP contribution is 2.26. The smallest absolute Gasteiger partial charge is 0.319 e. The van der Waals surface area contributed by atoms with E-state index < -0.39 is 6.55 Å². The third-order valence-electron chi connectivity index (χ3n) is 3.04. The van der Waals surface area contributed by atoms with Crippen molar-refractivity contribution in [3.05, 3.63) is 36.4 Å². The zero-order valence-electron chi connectivity index (χ0n) is 11.8. The maximum atomic E-state index is 12.7. The summed E-state index contributed by atoms with van der Waals surface area (Å²) in [5.74, 6) is 1.40. The number of thioether (sulfide) groups is 1. The Kier molecular flexibility index (Phi) is 4.28. The van der Waals surface area contributed by atoms with Gasteiger partial charge in [-0.3, -0.25) is 4.57 Å². The van der Waals surface area contributed by atoms with Gasteiger partial charge < -0.3 is 9.72 Å². The number of hydrogen-bond donors (Lipinski definition) is 1. The van der Waals surface area contributed by atoms with Crippen molar-refractivity contribution in [2.75, 3.05) is 6.61 Å². The zero-order valence-corrected chi connectivity index (χ0v) is 12.6. The molecule has 5 nitrogen and oxygen atoms in total. The van der Waals surface area contributed by atoms with Crippen LogP contribution in [-0.2, 0) is 5.75 Å². The van der Waals surface area contributed by atoms with Crippen molar-refractivity contribution in [2.24, 2.45) is 0 Å². The van der Waals surface area contributed by atoms with Crippen LogP contribution in [0.4, 0.5) is 8.78 Å². The molecular formula is C14H14F2N4OS. The molecule has 0 unspecified atom stereocenters. The number of rotatable bonds is 6. The lowest BCUT2D eigenvalue weighted by Crippen LogP contribution is -2.02. The van der Waals surface area contributed by atoms with E-state index >= 15 is 0 Å². The lowest BCUT2D eigenvalue weighted by molar-refractivity contribution is 0.0678. The number of nitrogens with zero attached hydrogens (tertiary/aromatic N) is 3. The quantitative estimate of drug-likeness (QED) is 0.700. The fourth-order valence-corrected chi connectivity index (χ4v) is 2.89. The number of halogens is 2. The Morgan fingerprint density at radius 2 is 2.27 bits per heavy atom. The summed E-state index contributed by atoms with van der Waals surface area (Å²) in [7, 11) is 0. The number of aromatic nitrogens is 4. The molecule has 0 spiro atoms. The van der Waals surface area contributed by atoms with E-state index in [4.69, 9.17) is 4.74 Å². The molecule has 3 aromatic rings. The highest BCUT2D eigenvalue weighted by atomic mass is 32.2. The van der Waals surface area contributed by atoms with Gasteiger partial charge in [-0.05, 0) is 19.1 Å². The number of H-pyrrole nitrogens is 1. The summed E-state index contributed by atoms with van der Waals surface area (Å²) in [6, 6.07) is 5.58. The van der Waals surface area contributed by atoms with Gasteiger partial charge in [-0.25, -0.2) is 9.97 Å². The molecule has 3 rings (SSSR count). The molecule has 0 radical (unpaired) electrons. The molecule has 22 heavy (non-hydrogen) atoms. The topological polar surface area (TPSA) is 55.7 Å². The SMILES string of the molecule is CCOc1ccc2nc(SCc3nccn3C(F)F)[nH]c2c1. The van der Waals surface area contributed by atoms with Gasteiger partial charge in [0.25, 0.3) is 0 Å². The second-order valence-corrected chi connectivity index (χ2v) is 5.44. The average Bonchev–Trinajstić information content (AvgIpc) is 3.11. The maximum absolute atomic E-state index is 12.7. The standard InChI is InChI=1S/C14H14F2N4OS/c1-2-21-9-3-4-10-11(7-9)19-14(18-10)22-8-12-17-5-6-20(12)13(15)16/h3-7,13H,2,8H2,1H3,(H,18,19). The Bertz CT molecular complexity index is 771. The van der Waals surface area contributed by atoms with E-state index in [0.29, 0.717) is 23.3 Å². The lowest BCUT2D eigenvalue weighted by Gasteiger charge is -2.04. The van der Waals surface area contributed by atoms with E-state index in [1.807, 2.05) is 25.1 Å².